The Kier molecular flexibility index (Phi) is 3.75. The lowest BCUT2D eigenvalue weighted by Gasteiger charge is -2.10. The number of anilines is 1. The van der Waals surface area contributed by atoms with Gasteiger partial charge in [-0.3, -0.25) is 0 Å². The van der Waals surface area contributed by atoms with Crippen molar-refractivity contribution in [2.75, 3.05) is 18.5 Å². The third-order valence-corrected chi connectivity index (χ3v) is 2.60. The molecule has 1 saturated heterocycles. The summed E-state index contributed by atoms with van der Waals surface area (Å²) >= 11 is 5.66. The van der Waals surface area contributed by atoms with Crippen LogP contribution in [0.3, 0.4) is 0 Å². The number of hydrogen-bond acceptors (Lipinski definition) is 4. The number of halogens is 1. The van der Waals surface area contributed by atoms with Crippen molar-refractivity contribution < 1.29 is 4.74 Å². The summed E-state index contributed by atoms with van der Waals surface area (Å²) in [6, 6.07) is 1.81. The zero-order chi connectivity index (χ0) is 10.5. The fraction of sp³-hybridized carbons (Fsp3) is 0.600. The number of rotatable bonds is 4. The molecule has 0 spiro atoms. The second-order valence-corrected chi connectivity index (χ2v) is 3.90. The molecule has 82 valence electrons. The van der Waals surface area contributed by atoms with Crippen LogP contribution >= 0.6 is 11.6 Å². The van der Waals surface area contributed by atoms with Crippen LogP contribution in [0.5, 0.6) is 0 Å². The molecule has 1 fully saturated rings. The SMILES string of the molecule is Clc1nccc(NCCC2CCCO2)n1. The molecule has 5 heteroatoms. The van der Waals surface area contributed by atoms with E-state index in [1.165, 1.54) is 12.8 Å². The first-order chi connectivity index (χ1) is 7.34. The lowest BCUT2D eigenvalue weighted by atomic mass is 10.2. The van der Waals surface area contributed by atoms with E-state index in [4.69, 9.17) is 16.3 Å². The van der Waals surface area contributed by atoms with Gasteiger partial charge in [0.1, 0.15) is 5.82 Å². The van der Waals surface area contributed by atoms with Crippen molar-refractivity contribution in [3.05, 3.63) is 17.5 Å². The highest BCUT2D eigenvalue weighted by molar-refractivity contribution is 6.28. The van der Waals surface area contributed by atoms with Crippen molar-refractivity contribution in [1.82, 2.24) is 9.97 Å². The lowest BCUT2D eigenvalue weighted by molar-refractivity contribution is 0.107. The van der Waals surface area contributed by atoms with Gasteiger partial charge in [-0.05, 0) is 36.9 Å². The van der Waals surface area contributed by atoms with Crippen LogP contribution in [0.2, 0.25) is 5.28 Å². The van der Waals surface area contributed by atoms with Gasteiger partial charge in [0.25, 0.3) is 0 Å². The van der Waals surface area contributed by atoms with E-state index in [1.54, 1.807) is 12.3 Å². The Labute approximate surface area is 94.0 Å². The number of nitrogens with zero attached hydrogens (tertiary/aromatic N) is 2. The van der Waals surface area contributed by atoms with Gasteiger partial charge in [-0.2, -0.15) is 0 Å². The van der Waals surface area contributed by atoms with E-state index in [0.717, 1.165) is 25.4 Å². The Morgan fingerprint density at radius 3 is 3.27 bits per heavy atom. The first kappa shape index (κ1) is 10.6. The molecule has 0 radical (unpaired) electrons. The molecule has 2 rings (SSSR count). The fourth-order valence-corrected chi connectivity index (χ4v) is 1.81. The summed E-state index contributed by atoms with van der Waals surface area (Å²) < 4.78 is 5.52. The van der Waals surface area contributed by atoms with Gasteiger partial charge in [0.2, 0.25) is 5.28 Å². The van der Waals surface area contributed by atoms with Gasteiger partial charge in [0.05, 0.1) is 6.10 Å². The van der Waals surface area contributed by atoms with Gasteiger partial charge in [-0.15, -0.1) is 0 Å². The second kappa shape index (κ2) is 5.28. The van der Waals surface area contributed by atoms with E-state index in [0.29, 0.717) is 6.10 Å². The van der Waals surface area contributed by atoms with Crippen molar-refractivity contribution in [1.29, 1.82) is 0 Å². The zero-order valence-electron chi connectivity index (χ0n) is 8.45. The minimum atomic E-state index is 0.275. The highest BCUT2D eigenvalue weighted by atomic mass is 35.5. The Morgan fingerprint density at radius 1 is 1.60 bits per heavy atom. The topological polar surface area (TPSA) is 47.0 Å². The molecule has 2 heterocycles. The van der Waals surface area contributed by atoms with Crippen LogP contribution in [0.4, 0.5) is 5.82 Å². The molecule has 1 aromatic heterocycles. The monoisotopic (exact) mass is 227 g/mol. The Morgan fingerprint density at radius 2 is 2.53 bits per heavy atom. The molecule has 1 aliphatic rings. The Hall–Kier alpha value is -0.870. The van der Waals surface area contributed by atoms with E-state index in [2.05, 4.69) is 15.3 Å². The van der Waals surface area contributed by atoms with Gasteiger partial charge in [0.15, 0.2) is 0 Å². The van der Waals surface area contributed by atoms with Crippen LogP contribution in [0.25, 0.3) is 0 Å². The normalized spacial score (nSPS) is 20.5. The van der Waals surface area contributed by atoms with Gasteiger partial charge in [-0.25, -0.2) is 9.97 Å². The molecule has 0 amide bonds. The maximum Gasteiger partial charge on any atom is 0.224 e. The summed E-state index contributed by atoms with van der Waals surface area (Å²) in [4.78, 5) is 7.85. The fourth-order valence-electron chi connectivity index (χ4n) is 1.67. The van der Waals surface area contributed by atoms with E-state index in [-0.39, 0.29) is 5.28 Å². The third kappa shape index (κ3) is 3.32. The predicted octanol–water partition coefficient (Wildman–Crippen LogP) is 2.11. The second-order valence-electron chi connectivity index (χ2n) is 3.56. The lowest BCUT2D eigenvalue weighted by Crippen LogP contribution is -2.13. The first-order valence-corrected chi connectivity index (χ1v) is 5.56. The molecule has 1 N–H and O–H groups in total. The molecule has 1 aliphatic heterocycles. The molecule has 0 saturated carbocycles. The summed E-state index contributed by atoms with van der Waals surface area (Å²) in [5.41, 5.74) is 0. The predicted molar refractivity (Wildman–Crippen MR) is 59.1 cm³/mol. The quantitative estimate of drug-likeness (QED) is 0.801. The van der Waals surface area contributed by atoms with Crippen LogP contribution in [-0.2, 0) is 4.74 Å². The standard InChI is InChI=1S/C10H14ClN3O/c11-10-13-6-4-9(14-10)12-5-3-8-2-1-7-15-8/h4,6,8H,1-3,5,7H2,(H,12,13,14). The van der Waals surface area contributed by atoms with E-state index in [1.807, 2.05) is 0 Å². The number of nitrogens with one attached hydrogen (secondary N) is 1. The molecule has 0 bridgehead atoms. The maximum absolute atomic E-state index is 5.66. The summed E-state index contributed by atoms with van der Waals surface area (Å²) in [7, 11) is 0. The van der Waals surface area contributed by atoms with Crippen molar-refractivity contribution in [3.63, 3.8) is 0 Å². The number of hydrogen-bond donors (Lipinski definition) is 1. The molecular weight excluding hydrogens is 214 g/mol. The zero-order valence-corrected chi connectivity index (χ0v) is 9.20. The van der Waals surface area contributed by atoms with E-state index in [9.17, 15) is 0 Å². The largest absolute Gasteiger partial charge is 0.378 e. The highest BCUT2D eigenvalue weighted by Crippen LogP contribution is 2.15. The van der Waals surface area contributed by atoms with Crippen molar-refractivity contribution >= 4 is 17.4 Å². The first-order valence-electron chi connectivity index (χ1n) is 5.18. The Balaban J connectivity index is 1.73. The van der Waals surface area contributed by atoms with Gasteiger partial charge in [-0.1, -0.05) is 0 Å². The van der Waals surface area contributed by atoms with Crippen molar-refractivity contribution in [2.24, 2.45) is 0 Å². The smallest absolute Gasteiger partial charge is 0.224 e. The number of aromatic nitrogens is 2. The molecule has 15 heavy (non-hydrogen) atoms. The third-order valence-electron chi connectivity index (χ3n) is 2.42. The van der Waals surface area contributed by atoms with Crippen LogP contribution in [0.15, 0.2) is 12.3 Å². The highest BCUT2D eigenvalue weighted by Gasteiger charge is 2.14. The summed E-state index contributed by atoms with van der Waals surface area (Å²) in [5, 5.41) is 3.47. The molecule has 1 atom stereocenters. The van der Waals surface area contributed by atoms with Gasteiger partial charge < -0.3 is 10.1 Å². The van der Waals surface area contributed by atoms with Crippen LogP contribution < -0.4 is 5.32 Å². The Bertz CT molecular complexity index is 315. The molecule has 4 nitrogen and oxygen atoms in total. The van der Waals surface area contributed by atoms with E-state index >= 15 is 0 Å². The van der Waals surface area contributed by atoms with Crippen LogP contribution in [-0.4, -0.2) is 29.2 Å². The average Bonchev–Trinajstić information content (AvgIpc) is 2.71. The van der Waals surface area contributed by atoms with Gasteiger partial charge in [0, 0.05) is 19.3 Å². The van der Waals surface area contributed by atoms with E-state index < -0.39 is 0 Å². The molecule has 1 aromatic rings. The summed E-state index contributed by atoms with van der Waals surface area (Å²) in [6.07, 6.45) is 5.43. The van der Waals surface area contributed by atoms with Crippen LogP contribution in [0, 0.1) is 0 Å². The average molecular weight is 228 g/mol. The van der Waals surface area contributed by atoms with Crippen molar-refractivity contribution in [3.8, 4) is 0 Å². The minimum Gasteiger partial charge on any atom is -0.378 e. The minimum absolute atomic E-state index is 0.275. The molecule has 1 unspecified atom stereocenters. The molecular formula is C10H14ClN3O. The maximum atomic E-state index is 5.66. The van der Waals surface area contributed by atoms with Gasteiger partial charge >= 0.3 is 0 Å². The summed E-state index contributed by atoms with van der Waals surface area (Å²) in [6.45, 7) is 1.77. The van der Waals surface area contributed by atoms with Crippen LogP contribution in [0.1, 0.15) is 19.3 Å². The summed E-state index contributed by atoms with van der Waals surface area (Å²) in [5.74, 6) is 0.771. The molecule has 0 aliphatic carbocycles. The number of ether oxygens (including phenoxy) is 1. The van der Waals surface area contributed by atoms with Crippen molar-refractivity contribution in [2.45, 2.75) is 25.4 Å². The molecule has 0 aromatic carbocycles.